The minimum atomic E-state index is -0.820. The molecule has 0 spiro atoms. The van der Waals surface area contributed by atoms with Gasteiger partial charge in [-0.1, -0.05) is 54.2 Å². The van der Waals surface area contributed by atoms with Crippen molar-refractivity contribution in [1.82, 2.24) is 4.90 Å². The van der Waals surface area contributed by atoms with E-state index in [1.165, 1.54) is 11.0 Å². The van der Waals surface area contributed by atoms with Crippen molar-refractivity contribution in [2.45, 2.75) is 36.2 Å². The number of benzene rings is 3. The highest BCUT2D eigenvalue weighted by molar-refractivity contribution is 7.99. The third kappa shape index (κ3) is 6.73. The minimum absolute atomic E-state index is 0.0715. The van der Waals surface area contributed by atoms with Gasteiger partial charge in [0.2, 0.25) is 0 Å². The number of hydrogen-bond donors (Lipinski definition) is 1. The molecule has 0 aliphatic carbocycles. The number of rotatable bonds is 9. The highest BCUT2D eigenvalue weighted by Crippen LogP contribution is 2.27. The first-order valence-corrected chi connectivity index (χ1v) is 10.3. The molecule has 0 aliphatic heterocycles. The fourth-order valence-electron chi connectivity index (χ4n) is 3.08. The smallest absolute Gasteiger partial charge is 0.304 e. The first kappa shape index (κ1) is 21.1. The summed E-state index contributed by atoms with van der Waals surface area (Å²) in [7, 11) is 0. The van der Waals surface area contributed by atoms with E-state index in [0.29, 0.717) is 25.2 Å². The zero-order chi connectivity index (χ0) is 20.6. The summed E-state index contributed by atoms with van der Waals surface area (Å²) in [4.78, 5) is 15.5. The maximum absolute atomic E-state index is 13.5. The number of hydrogen-bond acceptors (Lipinski definition) is 3. The average Bonchev–Trinajstić information content (AvgIpc) is 2.71. The van der Waals surface area contributed by atoms with E-state index >= 15 is 0 Å². The molecule has 0 fully saturated rings. The lowest BCUT2D eigenvalue weighted by Crippen LogP contribution is -2.25. The summed E-state index contributed by atoms with van der Waals surface area (Å²) < 4.78 is 13.5. The molecule has 5 heteroatoms. The summed E-state index contributed by atoms with van der Waals surface area (Å²) in [6.45, 7) is 3.39. The first-order chi connectivity index (χ1) is 14.0. The lowest BCUT2D eigenvalue weighted by Gasteiger charge is -2.22. The summed E-state index contributed by atoms with van der Waals surface area (Å²) in [5, 5.41) is 9.07. The molecule has 3 nitrogen and oxygen atoms in total. The molecule has 0 aromatic heterocycles. The Morgan fingerprint density at radius 2 is 1.55 bits per heavy atom. The molecular weight excluding hydrogens is 385 g/mol. The summed E-state index contributed by atoms with van der Waals surface area (Å²) in [6, 6.07) is 23.6. The minimum Gasteiger partial charge on any atom is -0.481 e. The Kier molecular flexibility index (Phi) is 7.44. The van der Waals surface area contributed by atoms with Gasteiger partial charge in [0.25, 0.3) is 0 Å². The SMILES string of the molecule is Cc1cc(CN(CCC(=O)O)Cc2ccc(Sc3ccccc3)cc2)ccc1F. The van der Waals surface area contributed by atoms with Crippen molar-refractivity contribution in [1.29, 1.82) is 0 Å². The number of carboxylic acid groups (broad SMARTS) is 1. The van der Waals surface area contributed by atoms with Crippen LogP contribution in [-0.4, -0.2) is 22.5 Å². The Morgan fingerprint density at radius 3 is 2.21 bits per heavy atom. The Morgan fingerprint density at radius 1 is 0.931 bits per heavy atom. The van der Waals surface area contributed by atoms with Crippen LogP contribution in [0.15, 0.2) is 82.6 Å². The number of aryl methyl sites for hydroxylation is 1. The van der Waals surface area contributed by atoms with E-state index in [0.717, 1.165) is 16.0 Å². The van der Waals surface area contributed by atoms with Crippen LogP contribution in [0, 0.1) is 12.7 Å². The predicted octanol–water partition coefficient (Wildman–Crippen LogP) is 5.76. The molecule has 0 bridgehead atoms. The van der Waals surface area contributed by atoms with Gasteiger partial charge < -0.3 is 5.11 Å². The van der Waals surface area contributed by atoms with Gasteiger partial charge in [-0.2, -0.15) is 0 Å². The van der Waals surface area contributed by atoms with Crippen molar-refractivity contribution in [2.75, 3.05) is 6.54 Å². The maximum Gasteiger partial charge on any atom is 0.304 e. The predicted molar refractivity (Wildman–Crippen MR) is 115 cm³/mol. The molecule has 29 heavy (non-hydrogen) atoms. The maximum atomic E-state index is 13.5. The molecule has 0 saturated carbocycles. The van der Waals surface area contributed by atoms with Gasteiger partial charge in [0, 0.05) is 29.4 Å². The lowest BCUT2D eigenvalue weighted by atomic mass is 10.1. The van der Waals surface area contributed by atoms with E-state index in [4.69, 9.17) is 5.11 Å². The van der Waals surface area contributed by atoms with Gasteiger partial charge in [-0.3, -0.25) is 9.69 Å². The molecule has 0 atom stereocenters. The standard InChI is InChI=1S/C24H24FNO2S/c1-18-15-20(9-12-23(18)25)17-26(14-13-24(27)28)16-19-7-10-22(11-8-19)29-21-5-3-2-4-6-21/h2-12,15H,13-14,16-17H2,1H3,(H,27,28). The molecule has 3 aromatic rings. The highest BCUT2D eigenvalue weighted by Gasteiger charge is 2.11. The molecule has 0 radical (unpaired) electrons. The molecular formula is C24H24FNO2S. The number of aliphatic carboxylic acids is 1. The quantitative estimate of drug-likeness (QED) is 0.488. The Balaban J connectivity index is 1.67. The molecule has 3 aromatic carbocycles. The Hall–Kier alpha value is -2.63. The molecule has 1 N–H and O–H groups in total. The van der Waals surface area contributed by atoms with Crippen molar-refractivity contribution in [3.8, 4) is 0 Å². The van der Waals surface area contributed by atoms with Crippen LogP contribution in [0.25, 0.3) is 0 Å². The molecule has 150 valence electrons. The van der Waals surface area contributed by atoms with Gasteiger partial charge in [-0.15, -0.1) is 0 Å². The van der Waals surface area contributed by atoms with Crippen LogP contribution in [-0.2, 0) is 17.9 Å². The van der Waals surface area contributed by atoms with Crippen molar-refractivity contribution in [3.63, 3.8) is 0 Å². The second-order valence-electron chi connectivity index (χ2n) is 7.00. The van der Waals surface area contributed by atoms with Crippen LogP contribution >= 0.6 is 11.8 Å². The van der Waals surface area contributed by atoms with Gasteiger partial charge in [-0.05, 0) is 53.9 Å². The van der Waals surface area contributed by atoms with E-state index in [1.807, 2.05) is 24.3 Å². The molecule has 0 unspecified atom stereocenters. The largest absolute Gasteiger partial charge is 0.481 e. The van der Waals surface area contributed by atoms with Crippen molar-refractivity contribution >= 4 is 17.7 Å². The van der Waals surface area contributed by atoms with Crippen molar-refractivity contribution in [2.24, 2.45) is 0 Å². The van der Waals surface area contributed by atoms with Crippen LogP contribution in [0.1, 0.15) is 23.1 Å². The van der Waals surface area contributed by atoms with Gasteiger partial charge in [0.15, 0.2) is 0 Å². The van der Waals surface area contributed by atoms with E-state index in [-0.39, 0.29) is 12.2 Å². The molecule has 0 saturated heterocycles. The van der Waals surface area contributed by atoms with Crippen LogP contribution in [0.4, 0.5) is 4.39 Å². The zero-order valence-corrected chi connectivity index (χ0v) is 17.2. The second kappa shape index (κ2) is 10.2. The van der Waals surface area contributed by atoms with Crippen molar-refractivity contribution in [3.05, 3.63) is 95.3 Å². The monoisotopic (exact) mass is 409 g/mol. The van der Waals surface area contributed by atoms with Crippen molar-refractivity contribution < 1.29 is 14.3 Å². The van der Waals surface area contributed by atoms with E-state index in [1.54, 1.807) is 24.8 Å². The number of nitrogens with zero attached hydrogens (tertiary/aromatic N) is 1. The second-order valence-corrected chi connectivity index (χ2v) is 8.14. The van der Waals surface area contributed by atoms with Crippen LogP contribution < -0.4 is 0 Å². The number of halogens is 1. The van der Waals surface area contributed by atoms with Gasteiger partial charge >= 0.3 is 5.97 Å². The summed E-state index contributed by atoms with van der Waals surface area (Å²) in [5.41, 5.74) is 2.69. The van der Waals surface area contributed by atoms with Crippen LogP contribution in [0.3, 0.4) is 0 Å². The molecule has 0 aliphatic rings. The van der Waals surface area contributed by atoms with Crippen LogP contribution in [0.5, 0.6) is 0 Å². The third-order valence-electron chi connectivity index (χ3n) is 4.58. The summed E-state index contributed by atoms with van der Waals surface area (Å²) >= 11 is 1.71. The molecule has 0 heterocycles. The van der Waals surface area contributed by atoms with Gasteiger partial charge in [-0.25, -0.2) is 4.39 Å². The van der Waals surface area contributed by atoms with E-state index < -0.39 is 5.97 Å². The number of carbonyl (C=O) groups is 1. The van der Waals surface area contributed by atoms with E-state index in [2.05, 4.69) is 41.3 Å². The Labute approximate surface area is 175 Å². The summed E-state index contributed by atoms with van der Waals surface area (Å²) in [6.07, 6.45) is 0.0715. The third-order valence-corrected chi connectivity index (χ3v) is 5.59. The molecule has 3 rings (SSSR count). The average molecular weight is 410 g/mol. The molecule has 0 amide bonds. The topological polar surface area (TPSA) is 40.5 Å². The summed E-state index contributed by atoms with van der Waals surface area (Å²) in [5.74, 6) is -1.04. The van der Waals surface area contributed by atoms with Gasteiger partial charge in [0.1, 0.15) is 5.82 Å². The Bertz CT molecular complexity index is 945. The van der Waals surface area contributed by atoms with Crippen LogP contribution in [0.2, 0.25) is 0 Å². The fourth-order valence-corrected chi connectivity index (χ4v) is 3.91. The fraction of sp³-hybridized carbons (Fsp3) is 0.208. The van der Waals surface area contributed by atoms with E-state index in [9.17, 15) is 9.18 Å². The highest BCUT2D eigenvalue weighted by atomic mass is 32.2. The first-order valence-electron chi connectivity index (χ1n) is 9.50. The van der Waals surface area contributed by atoms with Gasteiger partial charge in [0.05, 0.1) is 6.42 Å². The normalized spacial score (nSPS) is 11.0. The zero-order valence-electron chi connectivity index (χ0n) is 16.3. The lowest BCUT2D eigenvalue weighted by molar-refractivity contribution is -0.137. The number of carboxylic acids is 1.